The molecule has 2 aliphatic heterocycles. The summed E-state index contributed by atoms with van der Waals surface area (Å²) >= 11 is 6.19. The van der Waals surface area contributed by atoms with E-state index in [1.807, 2.05) is 12.3 Å². The third kappa shape index (κ3) is 3.55. The van der Waals surface area contributed by atoms with Gasteiger partial charge in [-0.2, -0.15) is 0 Å². The summed E-state index contributed by atoms with van der Waals surface area (Å²) in [7, 11) is 2.09. The van der Waals surface area contributed by atoms with Crippen LogP contribution >= 0.6 is 11.6 Å². The van der Waals surface area contributed by atoms with Crippen molar-refractivity contribution in [1.82, 2.24) is 24.3 Å². The highest BCUT2D eigenvalue weighted by Crippen LogP contribution is 2.47. The van der Waals surface area contributed by atoms with Crippen LogP contribution in [0.2, 0.25) is 5.15 Å². The average molecular weight is 424 g/mol. The molecule has 3 fully saturated rings. The Morgan fingerprint density at radius 1 is 1.21 bits per heavy atom. The molecule has 3 aliphatic rings. The lowest BCUT2D eigenvalue weighted by atomic mass is 9.84. The van der Waals surface area contributed by atoms with Gasteiger partial charge in [0.1, 0.15) is 17.1 Å². The number of alkyl halides is 2. The van der Waals surface area contributed by atoms with Crippen molar-refractivity contribution in [3.05, 3.63) is 23.7 Å². The normalized spacial score (nSPS) is 29.9. The second-order valence-electron chi connectivity index (χ2n) is 9.40. The molecule has 0 aromatic carbocycles. The van der Waals surface area contributed by atoms with Crippen molar-refractivity contribution in [3.63, 3.8) is 0 Å². The molecule has 158 valence electrons. The van der Waals surface area contributed by atoms with E-state index in [2.05, 4.69) is 31.4 Å². The predicted octanol–water partition coefficient (Wildman–Crippen LogP) is 4.23. The minimum absolute atomic E-state index is 0.0294. The summed E-state index contributed by atoms with van der Waals surface area (Å²) in [6.07, 6.45) is 8.41. The van der Waals surface area contributed by atoms with Crippen molar-refractivity contribution in [2.24, 2.45) is 5.92 Å². The van der Waals surface area contributed by atoms with Crippen LogP contribution in [-0.2, 0) is 0 Å². The number of piperidine rings is 1. The van der Waals surface area contributed by atoms with Gasteiger partial charge < -0.3 is 9.47 Å². The summed E-state index contributed by atoms with van der Waals surface area (Å²) in [4.78, 5) is 12.9. The number of hydrogen-bond donors (Lipinski definition) is 0. The SMILES string of the molecule is CN1CCC2(CC1)CC(F)(F)CN2C[C@@H]1CC[C@H](n2ccc3c(Cl)ncnc32)C1. The van der Waals surface area contributed by atoms with E-state index in [-0.39, 0.29) is 18.5 Å². The summed E-state index contributed by atoms with van der Waals surface area (Å²) in [5.41, 5.74) is 0.560. The monoisotopic (exact) mass is 423 g/mol. The first-order chi connectivity index (χ1) is 13.9. The molecule has 0 unspecified atom stereocenters. The number of rotatable bonds is 3. The third-order valence-electron chi connectivity index (χ3n) is 7.44. The highest BCUT2D eigenvalue weighted by molar-refractivity contribution is 6.33. The predicted molar refractivity (Wildman–Crippen MR) is 110 cm³/mol. The van der Waals surface area contributed by atoms with Crippen molar-refractivity contribution in [2.75, 3.05) is 33.2 Å². The van der Waals surface area contributed by atoms with Crippen molar-refractivity contribution in [2.45, 2.75) is 56.0 Å². The van der Waals surface area contributed by atoms with Gasteiger partial charge in [-0.3, -0.25) is 4.90 Å². The molecule has 5 nitrogen and oxygen atoms in total. The molecule has 0 bridgehead atoms. The van der Waals surface area contributed by atoms with E-state index in [1.165, 1.54) is 6.33 Å². The molecular weight excluding hydrogens is 396 g/mol. The van der Waals surface area contributed by atoms with E-state index in [1.54, 1.807) is 0 Å². The lowest BCUT2D eigenvalue weighted by Gasteiger charge is -2.44. The van der Waals surface area contributed by atoms with Gasteiger partial charge in [-0.1, -0.05) is 11.6 Å². The number of nitrogens with zero attached hydrogens (tertiary/aromatic N) is 5. The van der Waals surface area contributed by atoms with Crippen LogP contribution in [0.25, 0.3) is 11.0 Å². The Labute approximate surface area is 175 Å². The van der Waals surface area contributed by atoms with Gasteiger partial charge in [0.05, 0.1) is 11.9 Å². The molecule has 2 atom stereocenters. The number of likely N-dealkylation sites (tertiary alicyclic amines) is 2. The maximum Gasteiger partial charge on any atom is 0.262 e. The Balaban J connectivity index is 1.31. The van der Waals surface area contributed by atoms with Crippen LogP contribution in [0.15, 0.2) is 18.6 Å². The quantitative estimate of drug-likeness (QED) is 0.692. The molecule has 29 heavy (non-hydrogen) atoms. The van der Waals surface area contributed by atoms with Crippen molar-refractivity contribution in [3.8, 4) is 0 Å². The van der Waals surface area contributed by atoms with E-state index in [4.69, 9.17) is 11.6 Å². The van der Waals surface area contributed by atoms with Crippen LogP contribution in [0.1, 0.15) is 44.6 Å². The topological polar surface area (TPSA) is 37.2 Å². The van der Waals surface area contributed by atoms with Gasteiger partial charge in [0.2, 0.25) is 0 Å². The first-order valence-electron chi connectivity index (χ1n) is 10.6. The van der Waals surface area contributed by atoms with Gasteiger partial charge in [0.25, 0.3) is 5.92 Å². The van der Waals surface area contributed by atoms with Crippen LogP contribution in [0.3, 0.4) is 0 Å². The molecule has 1 saturated carbocycles. The summed E-state index contributed by atoms with van der Waals surface area (Å²) in [6, 6.07) is 2.32. The molecule has 1 aliphatic carbocycles. The summed E-state index contributed by atoms with van der Waals surface area (Å²) in [6.45, 7) is 2.53. The van der Waals surface area contributed by atoms with Gasteiger partial charge in [-0.15, -0.1) is 0 Å². The third-order valence-corrected chi connectivity index (χ3v) is 7.75. The van der Waals surface area contributed by atoms with E-state index >= 15 is 0 Å². The molecule has 8 heteroatoms. The molecule has 0 radical (unpaired) electrons. The Bertz CT molecular complexity index is 892. The summed E-state index contributed by atoms with van der Waals surface area (Å²) in [5.74, 6) is -2.11. The second kappa shape index (κ2) is 7.13. The first kappa shape index (κ1) is 19.6. The highest BCUT2D eigenvalue weighted by atomic mass is 35.5. The van der Waals surface area contributed by atoms with Crippen molar-refractivity contribution in [1.29, 1.82) is 0 Å². The van der Waals surface area contributed by atoms with Crippen molar-refractivity contribution < 1.29 is 8.78 Å². The van der Waals surface area contributed by atoms with Gasteiger partial charge in [0, 0.05) is 30.7 Å². The zero-order valence-electron chi connectivity index (χ0n) is 16.8. The Kier molecular flexibility index (Phi) is 4.83. The van der Waals surface area contributed by atoms with Gasteiger partial charge in [0.15, 0.2) is 0 Å². The van der Waals surface area contributed by atoms with Crippen LogP contribution in [0.5, 0.6) is 0 Å². The molecular formula is C21H28ClF2N5. The summed E-state index contributed by atoms with van der Waals surface area (Å²) < 4.78 is 31.0. The molecule has 0 N–H and O–H groups in total. The molecule has 2 aromatic rings. The van der Waals surface area contributed by atoms with Crippen LogP contribution in [0.4, 0.5) is 8.78 Å². The number of hydrogen-bond acceptors (Lipinski definition) is 4. The molecule has 0 amide bonds. The van der Waals surface area contributed by atoms with Crippen molar-refractivity contribution >= 4 is 22.6 Å². The largest absolute Gasteiger partial charge is 0.329 e. The number of aromatic nitrogens is 3. The fourth-order valence-electron chi connectivity index (χ4n) is 5.90. The zero-order valence-corrected chi connectivity index (χ0v) is 17.6. The molecule has 2 aromatic heterocycles. The number of halogens is 3. The lowest BCUT2D eigenvalue weighted by molar-refractivity contribution is 0.00949. The summed E-state index contributed by atoms with van der Waals surface area (Å²) in [5, 5.41) is 1.36. The molecule has 4 heterocycles. The highest BCUT2D eigenvalue weighted by Gasteiger charge is 2.55. The van der Waals surface area contributed by atoms with Crippen LogP contribution in [-0.4, -0.2) is 69.0 Å². The van der Waals surface area contributed by atoms with E-state index in [0.29, 0.717) is 17.1 Å². The smallest absolute Gasteiger partial charge is 0.262 e. The maximum absolute atomic E-state index is 14.4. The van der Waals surface area contributed by atoms with E-state index in [9.17, 15) is 8.78 Å². The lowest BCUT2D eigenvalue weighted by Crippen LogP contribution is -2.52. The van der Waals surface area contributed by atoms with Gasteiger partial charge in [-0.25, -0.2) is 18.7 Å². The fourth-order valence-corrected chi connectivity index (χ4v) is 6.09. The van der Waals surface area contributed by atoms with Gasteiger partial charge in [-0.05, 0) is 64.2 Å². The first-order valence-corrected chi connectivity index (χ1v) is 11.0. The van der Waals surface area contributed by atoms with E-state index in [0.717, 1.165) is 62.8 Å². The molecule has 2 saturated heterocycles. The molecule has 5 rings (SSSR count). The molecule has 1 spiro atoms. The van der Waals surface area contributed by atoms with E-state index < -0.39 is 5.92 Å². The zero-order chi connectivity index (χ0) is 20.2. The number of fused-ring (bicyclic) bond motifs is 1. The minimum Gasteiger partial charge on any atom is -0.329 e. The fraction of sp³-hybridized carbons (Fsp3) is 0.714. The standard InChI is InChI=1S/C21H28ClF2N5/c1-27-8-5-20(6-9-27)12-21(23,24)13-28(20)11-15-2-3-16(10-15)29-7-4-17-18(22)25-14-26-19(17)29/h4,7,14-16H,2-3,5-6,8-13H2,1H3/t15-,16+/m1/s1. The Morgan fingerprint density at radius 2 is 2.00 bits per heavy atom. The second-order valence-corrected chi connectivity index (χ2v) is 9.76. The Hall–Kier alpha value is -1.31. The van der Waals surface area contributed by atoms with Gasteiger partial charge >= 0.3 is 0 Å². The van der Waals surface area contributed by atoms with Crippen LogP contribution < -0.4 is 0 Å². The maximum atomic E-state index is 14.4. The minimum atomic E-state index is -2.56. The Morgan fingerprint density at radius 3 is 2.79 bits per heavy atom. The van der Waals surface area contributed by atoms with Crippen LogP contribution in [0, 0.1) is 5.92 Å². The average Bonchev–Trinajstić information content (AvgIpc) is 3.35.